The lowest BCUT2D eigenvalue weighted by Crippen LogP contribution is -2.27. The van der Waals surface area contributed by atoms with Gasteiger partial charge in [-0.15, -0.1) is 11.3 Å². The molecule has 0 fully saturated rings. The Morgan fingerprint density at radius 2 is 1.74 bits per heavy atom. The number of sulfonamides is 1. The van der Waals surface area contributed by atoms with Crippen LogP contribution in [-0.2, 0) is 14.8 Å². The van der Waals surface area contributed by atoms with Gasteiger partial charge in [0.15, 0.2) is 17.3 Å². The van der Waals surface area contributed by atoms with E-state index in [0.29, 0.717) is 12.1 Å². The number of carbonyl (C=O) groups is 2. The molecule has 1 unspecified atom stereocenters. The molecule has 0 aliphatic rings. The van der Waals surface area contributed by atoms with Crippen molar-refractivity contribution in [1.82, 2.24) is 4.98 Å². The fraction of sp³-hybridized carbons (Fsp3) is 0.227. The minimum Gasteiger partial charge on any atom is -0.455 e. The van der Waals surface area contributed by atoms with E-state index in [4.69, 9.17) is 9.47 Å². The van der Waals surface area contributed by atoms with Gasteiger partial charge in [0.1, 0.15) is 22.0 Å². The lowest BCUT2D eigenvalue weighted by Gasteiger charge is -2.23. The number of anilines is 2. The molecule has 2 aromatic carbocycles. The number of hydrogen-bond acceptors (Lipinski definition) is 10. The number of aromatic nitrogens is 1. The predicted molar refractivity (Wildman–Crippen MR) is 140 cm³/mol. The van der Waals surface area contributed by atoms with E-state index in [1.54, 1.807) is 20.8 Å². The smallest absolute Gasteiger partial charge is 0.417 e. The monoisotopic (exact) mass is 602 g/mol. The van der Waals surface area contributed by atoms with E-state index >= 15 is 0 Å². The van der Waals surface area contributed by atoms with Crippen molar-refractivity contribution >= 4 is 58.5 Å². The highest BCUT2D eigenvalue weighted by Gasteiger charge is 2.33. The third-order valence-electron chi connectivity index (χ3n) is 4.57. The highest BCUT2D eigenvalue weighted by atomic mass is 32.2. The molecule has 0 spiro atoms. The average molecular weight is 603 g/mol. The molecule has 1 heterocycles. The quantitative estimate of drug-likeness (QED) is 0.156. The number of nitrogens with zero attached hydrogens (tertiary/aromatic N) is 3. The molecule has 0 aliphatic carbocycles. The molecule has 0 saturated heterocycles. The summed E-state index contributed by atoms with van der Waals surface area (Å²) in [6, 6.07) is 5.32. The molecule has 39 heavy (non-hydrogen) atoms. The number of hydrogen-bond donors (Lipinski definition) is 1. The van der Waals surface area contributed by atoms with Crippen molar-refractivity contribution in [1.29, 1.82) is 0 Å². The molecule has 0 aliphatic heterocycles. The zero-order valence-corrected chi connectivity index (χ0v) is 23.4. The second-order valence-corrected chi connectivity index (χ2v) is 12.4. The van der Waals surface area contributed by atoms with Crippen molar-refractivity contribution in [2.24, 2.45) is 0 Å². The molecule has 0 bridgehead atoms. The van der Waals surface area contributed by atoms with Gasteiger partial charge >= 0.3 is 12.1 Å². The molecule has 3 aromatic rings. The van der Waals surface area contributed by atoms with Gasteiger partial charge in [-0.25, -0.2) is 35.8 Å². The molecule has 0 radical (unpaired) electrons. The number of nitro benzene ring substituents is 1. The summed E-state index contributed by atoms with van der Waals surface area (Å²) in [5.74, 6) is -3.88. The summed E-state index contributed by atoms with van der Waals surface area (Å²) in [5.41, 5.74) is -1.18. The molecule has 1 amide bonds. The van der Waals surface area contributed by atoms with Crippen molar-refractivity contribution < 1.29 is 41.2 Å². The normalized spacial score (nSPS) is 11.8. The lowest BCUT2D eigenvalue weighted by molar-refractivity contribution is -0.384. The number of ether oxygens (including phenoxy) is 2. The van der Waals surface area contributed by atoms with Gasteiger partial charge in [0.2, 0.25) is 0 Å². The number of benzene rings is 2. The summed E-state index contributed by atoms with van der Waals surface area (Å²) in [6.45, 7) is 6.34. The van der Waals surface area contributed by atoms with Crippen LogP contribution in [-0.4, -0.2) is 42.7 Å². The van der Waals surface area contributed by atoms with Crippen molar-refractivity contribution in [3.8, 4) is 5.75 Å². The minimum absolute atomic E-state index is 0.0974. The van der Waals surface area contributed by atoms with E-state index in [0.717, 1.165) is 39.7 Å². The number of non-ortho nitro benzene ring substituents is 1. The molecule has 3 rings (SSSR count). The molecule has 12 nitrogen and oxygen atoms in total. The van der Waals surface area contributed by atoms with Crippen LogP contribution in [0.5, 0.6) is 5.75 Å². The molecule has 1 N–H and O–H groups in total. The van der Waals surface area contributed by atoms with E-state index in [1.807, 2.05) is 5.32 Å². The maximum Gasteiger partial charge on any atom is 0.417 e. The highest BCUT2D eigenvalue weighted by Crippen LogP contribution is 2.39. The van der Waals surface area contributed by atoms with Crippen LogP contribution in [0, 0.1) is 21.7 Å². The Hall–Kier alpha value is -3.75. The summed E-state index contributed by atoms with van der Waals surface area (Å²) in [6.07, 6.45) is -1.33. The van der Waals surface area contributed by atoms with Gasteiger partial charge in [0, 0.05) is 12.1 Å². The molecule has 1 atom stereocenters. The number of nitrogens with one attached hydrogen (secondary N) is 1. The van der Waals surface area contributed by atoms with Crippen LogP contribution < -0.4 is 14.1 Å². The summed E-state index contributed by atoms with van der Waals surface area (Å²) in [7, 11) is -5.10. The second-order valence-electron chi connectivity index (χ2n) is 8.53. The summed E-state index contributed by atoms with van der Waals surface area (Å²) < 4.78 is 67.3. The van der Waals surface area contributed by atoms with Gasteiger partial charge in [-0.3, -0.25) is 15.4 Å². The largest absolute Gasteiger partial charge is 0.455 e. The zero-order chi connectivity index (χ0) is 29.1. The molecule has 0 saturated carbocycles. The molecular weight excluding hydrogens is 581 g/mol. The molecule has 208 valence electrons. The van der Waals surface area contributed by atoms with Crippen molar-refractivity contribution in [2.75, 3.05) is 16.1 Å². The number of carbonyl (C=O) groups excluding carboxylic acids is 2. The Morgan fingerprint density at radius 3 is 2.26 bits per heavy atom. The first-order valence-corrected chi connectivity index (χ1v) is 14.5. The molecule has 17 heteroatoms. The Labute approximate surface area is 227 Å². The molecule has 1 aromatic heterocycles. The Kier molecular flexibility index (Phi) is 8.83. The maximum atomic E-state index is 14.8. The second kappa shape index (κ2) is 11.6. The predicted octanol–water partition coefficient (Wildman–Crippen LogP) is 5.31. The van der Waals surface area contributed by atoms with E-state index < -0.39 is 63.6 Å². The topological polar surface area (TPSA) is 158 Å². The Balaban J connectivity index is 1.86. The van der Waals surface area contributed by atoms with Gasteiger partial charge < -0.3 is 9.47 Å². The third kappa shape index (κ3) is 7.02. The van der Waals surface area contributed by atoms with Crippen LogP contribution in [0.15, 0.2) is 46.8 Å². The maximum absolute atomic E-state index is 14.8. The SMILES string of the molecule is CPN(c1scnc1C(=O)OC(C)(C)C)S(=O)(=O)c1cc(F)c(NC(=O)Oc2ccc([N+](=O)[O-])cc2)c(F)c1. The minimum atomic E-state index is -4.59. The zero-order valence-electron chi connectivity index (χ0n) is 20.7. The number of amides is 1. The van der Waals surface area contributed by atoms with Gasteiger partial charge in [0.05, 0.1) is 15.3 Å². The summed E-state index contributed by atoms with van der Waals surface area (Å²) in [5, 5.41) is 12.4. The standard InChI is InChI=1S/C22H21F2N4O8PS2/c1-22(2,3)36-20(29)18-19(38-11-25-18)28(37-4)39(33,34)14-9-15(23)17(16(24)10-14)26-21(30)35-13-7-5-12(6-8-13)27(31)32/h5-11,37H,1-4H3,(H,26,30). The van der Waals surface area contributed by atoms with E-state index in [-0.39, 0.29) is 22.1 Å². The van der Waals surface area contributed by atoms with Crippen LogP contribution in [0.25, 0.3) is 0 Å². The molecular formula is C22H21F2N4O8PS2. The number of rotatable bonds is 8. The van der Waals surface area contributed by atoms with Crippen molar-refractivity contribution in [3.63, 3.8) is 0 Å². The fourth-order valence-corrected chi connectivity index (χ4v) is 7.04. The first kappa shape index (κ1) is 29.8. The summed E-state index contributed by atoms with van der Waals surface area (Å²) >= 11 is 0.825. The van der Waals surface area contributed by atoms with Gasteiger partial charge in [-0.2, -0.15) is 0 Å². The number of halogens is 2. The number of nitro groups is 1. The number of esters is 1. The first-order chi connectivity index (χ1) is 18.1. The first-order valence-electron chi connectivity index (χ1n) is 10.8. The fourth-order valence-electron chi connectivity index (χ4n) is 2.98. The van der Waals surface area contributed by atoms with Crippen LogP contribution in [0.4, 0.5) is 30.0 Å². The van der Waals surface area contributed by atoms with E-state index in [9.17, 15) is 36.9 Å². The summed E-state index contributed by atoms with van der Waals surface area (Å²) in [4.78, 5) is 37.8. The van der Waals surface area contributed by atoms with Crippen LogP contribution in [0.2, 0.25) is 0 Å². The number of thiazole rings is 1. The Morgan fingerprint density at radius 1 is 1.15 bits per heavy atom. The van der Waals surface area contributed by atoms with Crippen LogP contribution >= 0.6 is 20.1 Å². The van der Waals surface area contributed by atoms with Gasteiger partial charge in [-0.1, -0.05) is 0 Å². The van der Waals surface area contributed by atoms with Crippen LogP contribution in [0.1, 0.15) is 31.3 Å². The van der Waals surface area contributed by atoms with E-state index in [2.05, 4.69) is 4.98 Å². The highest BCUT2D eigenvalue weighted by molar-refractivity contribution is 7.98. The lowest BCUT2D eigenvalue weighted by atomic mass is 10.2. The Bertz CT molecular complexity index is 1500. The van der Waals surface area contributed by atoms with Crippen LogP contribution in [0.3, 0.4) is 0 Å². The average Bonchev–Trinajstić information content (AvgIpc) is 3.30. The third-order valence-corrected chi connectivity index (χ3v) is 9.05. The van der Waals surface area contributed by atoms with Gasteiger partial charge in [-0.05, 0) is 60.4 Å². The van der Waals surface area contributed by atoms with Gasteiger partial charge in [0.25, 0.3) is 15.7 Å². The van der Waals surface area contributed by atoms with Crippen molar-refractivity contribution in [3.05, 3.63) is 69.4 Å². The van der Waals surface area contributed by atoms with Crippen molar-refractivity contribution in [2.45, 2.75) is 31.3 Å². The van der Waals surface area contributed by atoms with E-state index in [1.165, 1.54) is 12.2 Å².